The zero-order valence-corrected chi connectivity index (χ0v) is 15.9. The molecule has 0 heterocycles. The predicted molar refractivity (Wildman–Crippen MR) is 98.0 cm³/mol. The van der Waals surface area contributed by atoms with Gasteiger partial charge in [-0.15, -0.1) is 0 Å². The fraction of sp³-hybridized carbons (Fsp3) is 0.471. The van der Waals surface area contributed by atoms with Crippen molar-refractivity contribution in [2.75, 3.05) is 20.1 Å². The summed E-state index contributed by atoms with van der Waals surface area (Å²) in [6, 6.07) is 1.17. The van der Waals surface area contributed by atoms with E-state index >= 15 is 0 Å². The van der Waals surface area contributed by atoms with Gasteiger partial charge in [0, 0.05) is 25.2 Å². The Bertz CT molecular complexity index is 706. The zero-order valence-electron chi connectivity index (χ0n) is 15.9. The molecular weight excluding hydrogens is 404 g/mol. The summed E-state index contributed by atoms with van der Waals surface area (Å²) in [7, 11) is 1.50. The summed E-state index contributed by atoms with van der Waals surface area (Å²) in [4.78, 5) is 14.8. The molecule has 1 amide bonds. The van der Waals surface area contributed by atoms with Crippen molar-refractivity contribution in [3.63, 3.8) is 0 Å². The number of hydrogen-bond donors (Lipinski definition) is 3. The molecule has 0 saturated carbocycles. The van der Waals surface area contributed by atoms with Crippen molar-refractivity contribution in [3.05, 3.63) is 35.1 Å². The van der Waals surface area contributed by atoms with E-state index in [0.717, 1.165) is 12.3 Å². The van der Waals surface area contributed by atoms with Gasteiger partial charge in [-0.05, 0) is 38.4 Å². The van der Waals surface area contributed by atoms with Crippen molar-refractivity contribution in [2.45, 2.75) is 32.4 Å². The SMILES string of the molecule is CCN=C(N/N=C/CNC(=O)CCCc1cc(F)c(F)cc1F)C(F)(F)F.CN. The Kier molecular flexibility index (Phi) is 12.3. The van der Waals surface area contributed by atoms with Gasteiger partial charge in [-0.3, -0.25) is 15.2 Å². The Morgan fingerprint density at radius 2 is 1.76 bits per heavy atom. The molecule has 0 aliphatic rings. The summed E-state index contributed by atoms with van der Waals surface area (Å²) in [5, 5.41) is 5.69. The van der Waals surface area contributed by atoms with Crippen molar-refractivity contribution < 1.29 is 31.1 Å². The third-order valence-electron chi connectivity index (χ3n) is 3.18. The van der Waals surface area contributed by atoms with E-state index in [2.05, 4.69) is 21.1 Å². The standard InChI is InChI=1S/C16H18F6N4O.CH5N/c1-2-23-15(16(20,21)22)26-25-7-6-24-14(27)5-3-4-10-8-12(18)13(19)9-11(10)17;1-2/h7-9H,2-6H2,1H3,(H,23,26)(H,24,27);2H2,1H3/b25-7+;. The number of rotatable bonds is 8. The lowest BCUT2D eigenvalue weighted by atomic mass is 10.1. The van der Waals surface area contributed by atoms with E-state index in [0.29, 0.717) is 6.07 Å². The first-order chi connectivity index (χ1) is 13.6. The van der Waals surface area contributed by atoms with E-state index in [1.54, 1.807) is 5.43 Å². The number of carbonyl (C=O) groups is 1. The van der Waals surface area contributed by atoms with Crippen molar-refractivity contribution >= 4 is 18.0 Å². The topological polar surface area (TPSA) is 91.9 Å². The lowest BCUT2D eigenvalue weighted by Gasteiger charge is -2.08. The highest BCUT2D eigenvalue weighted by Gasteiger charge is 2.35. The first kappa shape index (κ1) is 26.4. The molecule has 0 saturated heterocycles. The van der Waals surface area contributed by atoms with Crippen LogP contribution in [0, 0.1) is 17.5 Å². The molecule has 0 spiro atoms. The molecule has 0 radical (unpaired) electrons. The van der Waals surface area contributed by atoms with Gasteiger partial charge in [-0.1, -0.05) is 0 Å². The van der Waals surface area contributed by atoms with E-state index in [1.165, 1.54) is 14.0 Å². The van der Waals surface area contributed by atoms with E-state index in [-0.39, 0.29) is 37.9 Å². The second-order valence-corrected chi connectivity index (χ2v) is 5.26. The summed E-state index contributed by atoms with van der Waals surface area (Å²) in [6.07, 6.45) is -3.49. The van der Waals surface area contributed by atoms with Crippen LogP contribution in [0.1, 0.15) is 25.3 Å². The molecule has 0 fully saturated rings. The molecule has 0 atom stereocenters. The number of aryl methyl sites for hydroxylation is 1. The minimum Gasteiger partial charge on any atom is -0.351 e. The third-order valence-corrected chi connectivity index (χ3v) is 3.18. The quantitative estimate of drug-likeness (QED) is 0.196. The van der Waals surface area contributed by atoms with Gasteiger partial charge in [0.2, 0.25) is 11.7 Å². The number of aliphatic imine (C=N–C) groups is 1. The Labute approximate surface area is 164 Å². The minimum absolute atomic E-state index is 0.0223. The summed E-state index contributed by atoms with van der Waals surface area (Å²) >= 11 is 0. The molecule has 0 aliphatic carbocycles. The van der Waals surface area contributed by atoms with Crippen LogP contribution < -0.4 is 16.5 Å². The molecule has 0 aliphatic heterocycles. The Balaban J connectivity index is 0.00000379. The minimum atomic E-state index is -4.66. The molecule has 0 aromatic heterocycles. The molecule has 6 nitrogen and oxygen atoms in total. The number of benzene rings is 1. The first-order valence-corrected chi connectivity index (χ1v) is 8.52. The Morgan fingerprint density at radius 3 is 2.34 bits per heavy atom. The number of carbonyl (C=O) groups excluding carboxylic acids is 1. The Hall–Kier alpha value is -2.63. The van der Waals surface area contributed by atoms with Gasteiger partial charge in [-0.25, -0.2) is 13.2 Å². The molecule has 1 aromatic rings. The average Bonchev–Trinajstić information content (AvgIpc) is 2.65. The number of nitrogens with two attached hydrogens (primary N) is 1. The number of nitrogens with zero attached hydrogens (tertiary/aromatic N) is 2. The number of nitrogens with one attached hydrogen (secondary N) is 2. The summed E-state index contributed by atoms with van der Waals surface area (Å²) in [5.74, 6) is -5.07. The van der Waals surface area contributed by atoms with Crippen LogP contribution in [0.3, 0.4) is 0 Å². The van der Waals surface area contributed by atoms with E-state index in [1.807, 2.05) is 0 Å². The van der Waals surface area contributed by atoms with Crippen LogP contribution in [0.15, 0.2) is 22.2 Å². The highest BCUT2D eigenvalue weighted by molar-refractivity contribution is 5.88. The highest BCUT2D eigenvalue weighted by atomic mass is 19.4. The molecule has 164 valence electrons. The van der Waals surface area contributed by atoms with Gasteiger partial charge in [-0.2, -0.15) is 18.3 Å². The van der Waals surface area contributed by atoms with Crippen LogP contribution in [0.25, 0.3) is 0 Å². The number of alkyl halides is 3. The molecular formula is C17H23F6N5O. The van der Waals surface area contributed by atoms with E-state index in [4.69, 9.17) is 0 Å². The fourth-order valence-corrected chi connectivity index (χ4v) is 1.94. The summed E-state index contributed by atoms with van der Waals surface area (Å²) < 4.78 is 76.7. The maximum atomic E-state index is 13.4. The average molecular weight is 427 g/mol. The molecule has 1 aromatic carbocycles. The first-order valence-electron chi connectivity index (χ1n) is 8.52. The van der Waals surface area contributed by atoms with Crippen molar-refractivity contribution in [3.8, 4) is 0 Å². The van der Waals surface area contributed by atoms with Gasteiger partial charge in [0.25, 0.3) is 0 Å². The maximum Gasteiger partial charge on any atom is 0.450 e. The van der Waals surface area contributed by atoms with E-state index < -0.39 is 35.4 Å². The van der Waals surface area contributed by atoms with Crippen LogP contribution in [0.5, 0.6) is 0 Å². The fourth-order valence-electron chi connectivity index (χ4n) is 1.94. The van der Waals surface area contributed by atoms with Crippen LogP contribution in [0.4, 0.5) is 26.3 Å². The molecule has 0 bridgehead atoms. The highest BCUT2D eigenvalue weighted by Crippen LogP contribution is 2.16. The largest absolute Gasteiger partial charge is 0.450 e. The van der Waals surface area contributed by atoms with Gasteiger partial charge in [0.05, 0.1) is 6.54 Å². The maximum absolute atomic E-state index is 13.4. The summed E-state index contributed by atoms with van der Waals surface area (Å²) in [5.41, 5.74) is 6.20. The molecule has 4 N–H and O–H groups in total. The lowest BCUT2D eigenvalue weighted by molar-refractivity contribution is -0.120. The van der Waals surface area contributed by atoms with Crippen molar-refractivity contribution in [2.24, 2.45) is 15.8 Å². The molecule has 1 rings (SSSR count). The lowest BCUT2D eigenvalue weighted by Crippen LogP contribution is -2.35. The zero-order chi connectivity index (χ0) is 22.4. The second kappa shape index (κ2) is 13.5. The monoisotopic (exact) mass is 427 g/mol. The molecule has 12 heteroatoms. The van der Waals surface area contributed by atoms with Crippen molar-refractivity contribution in [1.82, 2.24) is 10.7 Å². The molecule has 29 heavy (non-hydrogen) atoms. The number of halogens is 6. The smallest absolute Gasteiger partial charge is 0.351 e. The summed E-state index contributed by atoms with van der Waals surface area (Å²) in [6.45, 7) is 1.22. The van der Waals surface area contributed by atoms with Crippen LogP contribution in [-0.2, 0) is 11.2 Å². The van der Waals surface area contributed by atoms with Crippen molar-refractivity contribution in [1.29, 1.82) is 0 Å². The number of amides is 1. The van der Waals surface area contributed by atoms with Gasteiger partial charge < -0.3 is 11.1 Å². The second-order valence-electron chi connectivity index (χ2n) is 5.26. The van der Waals surface area contributed by atoms with Crippen LogP contribution in [-0.4, -0.2) is 44.3 Å². The van der Waals surface area contributed by atoms with Crippen LogP contribution >= 0.6 is 0 Å². The normalized spacial score (nSPS) is 11.8. The van der Waals surface area contributed by atoms with Gasteiger partial charge >= 0.3 is 6.18 Å². The molecule has 0 unspecified atom stereocenters. The van der Waals surface area contributed by atoms with Crippen LogP contribution in [0.2, 0.25) is 0 Å². The van der Waals surface area contributed by atoms with E-state index in [9.17, 15) is 31.1 Å². The predicted octanol–water partition coefficient (Wildman–Crippen LogP) is 2.67. The number of amidine groups is 1. The van der Waals surface area contributed by atoms with Gasteiger partial charge in [0.15, 0.2) is 11.6 Å². The third kappa shape index (κ3) is 10.5. The Morgan fingerprint density at radius 1 is 1.14 bits per heavy atom. The van der Waals surface area contributed by atoms with Gasteiger partial charge in [0.1, 0.15) is 5.82 Å². The number of hydrazone groups is 1. The number of hydrogen-bond acceptors (Lipinski definition) is 4.